The molecule has 3 unspecified atom stereocenters. The lowest BCUT2D eigenvalue weighted by Crippen LogP contribution is -2.30. The van der Waals surface area contributed by atoms with Gasteiger partial charge in [-0.25, -0.2) is 4.39 Å². The molecule has 5 heteroatoms. The topological polar surface area (TPSA) is 58.6 Å². The van der Waals surface area contributed by atoms with Gasteiger partial charge in [-0.2, -0.15) is 0 Å². The Morgan fingerprint density at radius 1 is 1.25 bits per heavy atom. The van der Waals surface area contributed by atoms with Crippen LogP contribution >= 0.6 is 0 Å². The Morgan fingerprint density at radius 3 is 3.00 bits per heavy atom. The first kappa shape index (κ1) is 13.8. The van der Waals surface area contributed by atoms with Crippen molar-refractivity contribution in [1.82, 2.24) is 5.32 Å². The van der Waals surface area contributed by atoms with Crippen molar-refractivity contribution >= 4 is 5.91 Å². The second-order valence-corrected chi connectivity index (χ2v) is 6.76. The summed E-state index contributed by atoms with van der Waals surface area (Å²) in [6.45, 7) is 0. The molecule has 0 saturated heterocycles. The molecule has 122 valence electrons. The molecule has 5 rings (SSSR count). The molecule has 2 aromatic carbocycles. The maximum Gasteiger partial charge on any atom is 0.228 e. The Kier molecular flexibility index (Phi) is 2.72. The molecule has 1 aliphatic heterocycles. The van der Waals surface area contributed by atoms with E-state index in [-0.39, 0.29) is 35.7 Å². The molecule has 0 radical (unpaired) electrons. The summed E-state index contributed by atoms with van der Waals surface area (Å²) in [5.41, 5.74) is 2.70. The van der Waals surface area contributed by atoms with Gasteiger partial charge in [0, 0.05) is 11.5 Å². The number of hydrogen-bond acceptors (Lipinski definition) is 3. The molecule has 4 atom stereocenters. The lowest BCUT2D eigenvalue weighted by atomic mass is 10.1. The number of phenols is 1. The van der Waals surface area contributed by atoms with Crippen LogP contribution in [-0.4, -0.2) is 17.1 Å². The number of ether oxygens (including phenoxy) is 1. The van der Waals surface area contributed by atoms with Crippen LogP contribution in [0.2, 0.25) is 0 Å². The van der Waals surface area contributed by atoms with Gasteiger partial charge in [0.15, 0.2) is 0 Å². The highest BCUT2D eigenvalue weighted by molar-refractivity contribution is 5.86. The van der Waals surface area contributed by atoms with E-state index in [1.165, 1.54) is 12.1 Å². The van der Waals surface area contributed by atoms with Crippen molar-refractivity contribution in [2.45, 2.75) is 30.9 Å². The average molecular weight is 325 g/mol. The molecule has 1 saturated carbocycles. The largest absolute Gasteiger partial charge is 0.508 e. The lowest BCUT2D eigenvalue weighted by Gasteiger charge is -2.15. The zero-order valence-electron chi connectivity index (χ0n) is 12.8. The predicted molar refractivity (Wildman–Crippen MR) is 84.4 cm³/mol. The van der Waals surface area contributed by atoms with Gasteiger partial charge in [-0.1, -0.05) is 12.1 Å². The summed E-state index contributed by atoms with van der Waals surface area (Å²) >= 11 is 0. The number of nitrogens with one attached hydrogen (secondary N) is 1. The van der Waals surface area contributed by atoms with Crippen molar-refractivity contribution in [2.75, 3.05) is 0 Å². The quantitative estimate of drug-likeness (QED) is 0.893. The fourth-order valence-electron chi connectivity index (χ4n) is 4.20. The predicted octanol–water partition coefficient (Wildman–Crippen LogP) is 2.81. The van der Waals surface area contributed by atoms with E-state index in [9.17, 15) is 14.3 Å². The number of aromatic hydroxyl groups is 1. The first-order valence-electron chi connectivity index (χ1n) is 8.21. The highest BCUT2D eigenvalue weighted by atomic mass is 19.1. The van der Waals surface area contributed by atoms with Gasteiger partial charge in [0.05, 0.1) is 12.0 Å². The van der Waals surface area contributed by atoms with Gasteiger partial charge in [-0.05, 0) is 48.2 Å². The van der Waals surface area contributed by atoms with E-state index in [0.29, 0.717) is 11.5 Å². The number of carbonyl (C=O) groups is 1. The van der Waals surface area contributed by atoms with Crippen LogP contribution in [0.3, 0.4) is 0 Å². The van der Waals surface area contributed by atoms with E-state index >= 15 is 0 Å². The molecule has 1 heterocycles. The van der Waals surface area contributed by atoms with Crippen molar-refractivity contribution in [2.24, 2.45) is 5.92 Å². The van der Waals surface area contributed by atoms with Crippen LogP contribution < -0.4 is 10.1 Å². The smallest absolute Gasteiger partial charge is 0.228 e. The summed E-state index contributed by atoms with van der Waals surface area (Å²) in [7, 11) is 0. The van der Waals surface area contributed by atoms with Crippen molar-refractivity contribution in [3.63, 3.8) is 0 Å². The molecule has 1 fully saturated rings. The third kappa shape index (κ3) is 1.87. The Labute approximate surface area is 138 Å². The van der Waals surface area contributed by atoms with Crippen LogP contribution in [0.5, 0.6) is 11.5 Å². The molecule has 4 nitrogen and oxygen atoms in total. The summed E-state index contributed by atoms with van der Waals surface area (Å²) in [4.78, 5) is 12.6. The number of benzene rings is 2. The maximum absolute atomic E-state index is 13.4. The molecule has 2 aromatic rings. The van der Waals surface area contributed by atoms with Crippen LogP contribution in [0.1, 0.15) is 35.1 Å². The number of carbonyl (C=O) groups excluding carboxylic acids is 1. The number of rotatable bonds is 2. The SMILES string of the molecule is O=C(N[C@@H]1CCc2c(O)cccc21)C1C2Oc3ccc(F)cc3C21. The van der Waals surface area contributed by atoms with Crippen LogP contribution in [0, 0.1) is 11.7 Å². The van der Waals surface area contributed by atoms with E-state index < -0.39 is 0 Å². The Bertz CT molecular complexity index is 866. The van der Waals surface area contributed by atoms with E-state index in [2.05, 4.69) is 5.32 Å². The number of fused-ring (bicyclic) bond motifs is 4. The van der Waals surface area contributed by atoms with E-state index in [1.54, 1.807) is 18.2 Å². The maximum atomic E-state index is 13.4. The Hall–Kier alpha value is -2.56. The molecule has 2 aliphatic carbocycles. The Balaban J connectivity index is 1.34. The molecule has 0 bridgehead atoms. The molecule has 0 aromatic heterocycles. The highest BCUT2D eigenvalue weighted by Crippen LogP contribution is 2.58. The third-order valence-electron chi connectivity index (χ3n) is 5.41. The second-order valence-electron chi connectivity index (χ2n) is 6.76. The van der Waals surface area contributed by atoms with Gasteiger partial charge in [0.1, 0.15) is 23.4 Å². The number of amides is 1. The Morgan fingerprint density at radius 2 is 2.12 bits per heavy atom. The minimum absolute atomic E-state index is 0.0410. The number of halogens is 1. The van der Waals surface area contributed by atoms with Crippen LogP contribution in [0.4, 0.5) is 4.39 Å². The molecule has 24 heavy (non-hydrogen) atoms. The summed E-state index contributed by atoms with van der Waals surface area (Å²) in [6.07, 6.45) is 1.37. The molecule has 1 amide bonds. The lowest BCUT2D eigenvalue weighted by molar-refractivity contribution is -0.123. The van der Waals surface area contributed by atoms with Crippen molar-refractivity contribution < 1.29 is 19.0 Å². The zero-order valence-corrected chi connectivity index (χ0v) is 12.8. The van der Waals surface area contributed by atoms with Gasteiger partial charge in [-0.3, -0.25) is 4.79 Å². The zero-order chi connectivity index (χ0) is 16.4. The summed E-state index contributed by atoms with van der Waals surface area (Å²) in [6, 6.07) is 9.81. The van der Waals surface area contributed by atoms with Crippen LogP contribution in [0.15, 0.2) is 36.4 Å². The summed E-state index contributed by atoms with van der Waals surface area (Å²) < 4.78 is 19.2. The van der Waals surface area contributed by atoms with E-state index in [1.807, 2.05) is 6.07 Å². The minimum atomic E-state index is -0.302. The molecular formula is C19H16FNO3. The molecule has 0 spiro atoms. The van der Waals surface area contributed by atoms with Gasteiger partial charge in [0.2, 0.25) is 5.91 Å². The number of phenolic OH excluding ortho intramolecular Hbond substituents is 1. The molecule has 3 aliphatic rings. The normalized spacial score (nSPS) is 28.5. The fourth-order valence-corrected chi connectivity index (χ4v) is 4.20. The van der Waals surface area contributed by atoms with E-state index in [0.717, 1.165) is 29.5 Å². The molecular weight excluding hydrogens is 309 g/mol. The summed E-state index contributed by atoms with van der Waals surface area (Å²) in [5.74, 6) is 0.332. The van der Waals surface area contributed by atoms with Crippen molar-refractivity contribution in [3.8, 4) is 11.5 Å². The van der Waals surface area contributed by atoms with Crippen molar-refractivity contribution in [1.29, 1.82) is 0 Å². The van der Waals surface area contributed by atoms with Crippen LogP contribution in [-0.2, 0) is 11.2 Å². The minimum Gasteiger partial charge on any atom is -0.508 e. The summed E-state index contributed by atoms with van der Waals surface area (Å²) in [5, 5.41) is 13.0. The first-order valence-corrected chi connectivity index (χ1v) is 8.21. The second kappa shape index (κ2) is 4.72. The number of hydrogen-bond donors (Lipinski definition) is 2. The standard InChI is InChI=1S/C19H16FNO3/c20-9-4-7-15-12(8-9)16-17(18(16)24-15)19(23)21-13-6-5-11-10(13)2-1-3-14(11)22/h1-4,7-8,13,16-18,22H,5-6H2,(H,21,23)/t13-,16?,17?,18?/m1/s1. The van der Waals surface area contributed by atoms with Gasteiger partial charge < -0.3 is 15.2 Å². The van der Waals surface area contributed by atoms with Gasteiger partial charge in [-0.15, -0.1) is 0 Å². The van der Waals surface area contributed by atoms with E-state index in [4.69, 9.17) is 4.74 Å². The van der Waals surface area contributed by atoms with Gasteiger partial charge >= 0.3 is 0 Å². The molecule has 2 N–H and O–H groups in total. The highest BCUT2D eigenvalue weighted by Gasteiger charge is 2.62. The fraction of sp³-hybridized carbons (Fsp3) is 0.316. The monoisotopic (exact) mass is 325 g/mol. The first-order chi connectivity index (χ1) is 11.6. The third-order valence-corrected chi connectivity index (χ3v) is 5.41. The van der Waals surface area contributed by atoms with Crippen LogP contribution in [0.25, 0.3) is 0 Å². The average Bonchev–Trinajstić information content (AvgIpc) is 2.92. The van der Waals surface area contributed by atoms with Gasteiger partial charge in [0.25, 0.3) is 0 Å². The van der Waals surface area contributed by atoms with Crippen molar-refractivity contribution in [3.05, 3.63) is 58.9 Å².